The van der Waals surface area contributed by atoms with Crippen molar-refractivity contribution in [1.82, 2.24) is 5.32 Å². The smallest absolute Gasteiger partial charge is 0.484 e. The molecule has 2 aromatic rings. The molecule has 0 aliphatic carbocycles. The number of hydrogen-bond donors (Lipinski definition) is 4. The minimum atomic E-state index is -5.08. The van der Waals surface area contributed by atoms with Gasteiger partial charge >= 0.3 is 23.7 Å². The number of Topliss-reactive ketones (excluding diaryl/α,β-unsaturated/α-hetero) is 1. The lowest BCUT2D eigenvalue weighted by Gasteiger charge is -2.09. The highest BCUT2D eigenvalue weighted by Gasteiger charge is 2.38. The maximum Gasteiger partial charge on any atom is 0.490 e. The first-order valence-electron chi connectivity index (χ1n) is 18.9. The summed E-state index contributed by atoms with van der Waals surface area (Å²) in [5, 5.41) is 19.0. The van der Waals surface area contributed by atoms with Gasteiger partial charge in [-0.2, -0.15) is 13.2 Å². The van der Waals surface area contributed by atoms with E-state index in [1.807, 2.05) is 0 Å². The van der Waals surface area contributed by atoms with Crippen molar-refractivity contribution in [1.29, 1.82) is 0 Å². The van der Waals surface area contributed by atoms with Crippen LogP contribution in [0.2, 0.25) is 0 Å². The molecule has 1 aromatic carbocycles. The van der Waals surface area contributed by atoms with Crippen LogP contribution in [0.5, 0.6) is 5.75 Å². The monoisotopic (exact) mass is 856 g/mol. The number of alkyl halides is 3. The van der Waals surface area contributed by atoms with Crippen LogP contribution in [-0.4, -0.2) is 152 Å². The van der Waals surface area contributed by atoms with Gasteiger partial charge in [-0.3, -0.25) is 9.59 Å². The second kappa shape index (κ2) is 35.7. The number of carbonyl (C=O) groups is 4. The highest BCUT2D eigenvalue weighted by molar-refractivity contribution is 5.79. The lowest BCUT2D eigenvalue weighted by atomic mass is 10.2. The maximum atomic E-state index is 11.9. The van der Waals surface area contributed by atoms with E-state index in [2.05, 4.69) is 5.32 Å². The number of ether oxygens (including phenoxy) is 8. The second-order valence-electron chi connectivity index (χ2n) is 12.1. The van der Waals surface area contributed by atoms with Crippen LogP contribution in [0.1, 0.15) is 44.6 Å². The average Bonchev–Trinajstić information content (AvgIpc) is 3.17. The molecule has 5 N–H and O–H groups in total. The lowest BCUT2D eigenvalue weighted by Crippen LogP contribution is -2.31. The molecule has 0 unspecified atom stereocenters. The van der Waals surface area contributed by atoms with Gasteiger partial charge in [-0.15, -0.1) is 0 Å². The number of aryl methyl sites for hydroxylation is 1. The number of halogens is 3. The molecule has 1 amide bonds. The number of carbonyl (C=O) groups excluding carboxylic acids is 2. The topological polar surface area (TPSA) is 251 Å². The van der Waals surface area contributed by atoms with E-state index in [1.54, 1.807) is 38.1 Å². The fourth-order valence-corrected chi connectivity index (χ4v) is 3.97. The van der Waals surface area contributed by atoms with Gasteiger partial charge in [0.05, 0.1) is 85.7 Å². The molecule has 0 fully saturated rings. The summed E-state index contributed by atoms with van der Waals surface area (Å²) in [7, 11) is 0. The molecule has 0 aliphatic rings. The summed E-state index contributed by atoms with van der Waals surface area (Å²) in [5.74, 6) is -3.27. The molecule has 0 saturated heterocycles. The van der Waals surface area contributed by atoms with Crippen LogP contribution in [-0.2, 0) is 52.3 Å². The Hall–Kier alpha value is -4.22. The third-order valence-electron chi connectivity index (χ3n) is 6.94. The van der Waals surface area contributed by atoms with Crippen LogP contribution in [0, 0.1) is 6.92 Å². The van der Waals surface area contributed by atoms with Crippen LogP contribution < -0.4 is 21.4 Å². The molecule has 0 spiro atoms. The Kier molecular flexibility index (Phi) is 33.1. The van der Waals surface area contributed by atoms with Crippen molar-refractivity contribution in [3.63, 3.8) is 0 Å². The molecule has 59 heavy (non-hydrogen) atoms. The van der Waals surface area contributed by atoms with Crippen LogP contribution in [0.25, 0.3) is 11.0 Å². The van der Waals surface area contributed by atoms with Crippen molar-refractivity contribution in [2.45, 2.75) is 52.1 Å². The van der Waals surface area contributed by atoms with E-state index in [9.17, 15) is 32.3 Å². The van der Waals surface area contributed by atoms with Gasteiger partial charge in [0.1, 0.15) is 17.1 Å². The Morgan fingerprint density at radius 3 is 1.69 bits per heavy atom. The number of unbranched alkanes of at least 4 members (excludes halogenated alkanes) is 1. The number of carboxylic acid groups (broad SMARTS) is 2. The van der Waals surface area contributed by atoms with E-state index in [0.717, 1.165) is 24.6 Å². The molecule has 1 heterocycles. The van der Waals surface area contributed by atoms with Crippen molar-refractivity contribution >= 4 is 34.6 Å². The van der Waals surface area contributed by atoms with E-state index in [4.69, 9.17) is 63.1 Å². The summed E-state index contributed by atoms with van der Waals surface area (Å²) in [6.07, 6.45) is -1.72. The van der Waals surface area contributed by atoms with E-state index in [-0.39, 0.29) is 31.3 Å². The summed E-state index contributed by atoms with van der Waals surface area (Å²) in [5.41, 5.74) is 5.85. The first-order valence-corrected chi connectivity index (χ1v) is 18.9. The standard InChI is InChI=1S/C23H31NO10.C13H27NO4.C2HF3O2/c1-17-14-18-2-3-19(15-20(18)34-23(17)28)33-16-21(25)24-5-7-30-9-11-32-13-12-31-10-8-29-6-4-22(26)27;1-13(15)5-2-3-7-16-9-11-18-12-10-17-8-4-6-14;3-2(4,5)1(6)7/h2-3,14-15H,4-13,16H2,1H3,(H,24,25)(H,26,27);2-12,14H2,1H3;(H,6,7). The highest BCUT2D eigenvalue weighted by atomic mass is 19.4. The number of aliphatic carboxylic acids is 2. The molecule has 0 saturated carbocycles. The normalized spacial score (nSPS) is 10.9. The predicted octanol–water partition coefficient (Wildman–Crippen LogP) is 2.92. The Bertz CT molecular complexity index is 1490. The fraction of sp³-hybridized carbons (Fsp3) is 0.658. The number of amides is 1. The van der Waals surface area contributed by atoms with Crippen LogP contribution >= 0.6 is 0 Å². The van der Waals surface area contributed by atoms with Crippen molar-refractivity contribution in [2.75, 3.05) is 112 Å². The predicted molar refractivity (Wildman–Crippen MR) is 206 cm³/mol. The fourth-order valence-electron chi connectivity index (χ4n) is 3.97. The van der Waals surface area contributed by atoms with E-state index in [0.29, 0.717) is 122 Å². The molecule has 18 nitrogen and oxygen atoms in total. The molecular weight excluding hydrogens is 797 g/mol. The minimum absolute atomic E-state index is 0.0203. The third-order valence-corrected chi connectivity index (χ3v) is 6.94. The van der Waals surface area contributed by atoms with E-state index < -0.39 is 23.7 Å². The number of fused-ring (bicyclic) bond motifs is 1. The van der Waals surface area contributed by atoms with Gasteiger partial charge in [-0.25, -0.2) is 9.59 Å². The van der Waals surface area contributed by atoms with Crippen molar-refractivity contribution in [3.8, 4) is 5.75 Å². The molecule has 1 aromatic heterocycles. The van der Waals surface area contributed by atoms with Crippen LogP contribution in [0.4, 0.5) is 13.2 Å². The number of rotatable bonds is 32. The number of ketones is 1. The number of nitrogens with one attached hydrogen (secondary N) is 1. The highest BCUT2D eigenvalue weighted by Crippen LogP contribution is 2.20. The van der Waals surface area contributed by atoms with Gasteiger partial charge in [0.15, 0.2) is 6.61 Å². The largest absolute Gasteiger partial charge is 0.490 e. The molecule has 338 valence electrons. The van der Waals surface area contributed by atoms with Crippen LogP contribution in [0.15, 0.2) is 33.5 Å². The molecular formula is C38H59F3N2O16. The number of hydrogen-bond acceptors (Lipinski definition) is 15. The number of benzene rings is 1. The SMILES string of the molecule is CC(=O)CCCCOCCOCCOCCCN.Cc1cc2ccc(OCC(=O)NCCOCCOCCOCCOCCC(=O)O)cc2oc1=O.O=C(O)C(F)(F)F. The second-order valence-corrected chi connectivity index (χ2v) is 12.1. The Morgan fingerprint density at radius 1 is 0.712 bits per heavy atom. The Morgan fingerprint density at radius 2 is 1.20 bits per heavy atom. The maximum absolute atomic E-state index is 11.9. The third kappa shape index (κ3) is 34.4. The Labute approximate surface area is 340 Å². The van der Waals surface area contributed by atoms with Crippen molar-refractivity contribution in [3.05, 3.63) is 40.2 Å². The van der Waals surface area contributed by atoms with Crippen molar-refractivity contribution in [2.24, 2.45) is 5.73 Å². The quantitative estimate of drug-likeness (QED) is 0.0610. The van der Waals surface area contributed by atoms with Gasteiger partial charge in [0.25, 0.3) is 5.91 Å². The van der Waals surface area contributed by atoms with Gasteiger partial charge in [-0.05, 0) is 57.9 Å². The minimum Gasteiger partial charge on any atom is -0.484 e. The zero-order valence-electron chi connectivity index (χ0n) is 33.7. The van der Waals surface area contributed by atoms with Gasteiger partial charge in [-0.1, -0.05) is 0 Å². The first-order chi connectivity index (χ1) is 28.2. The molecule has 0 atom stereocenters. The number of nitrogens with two attached hydrogens (primary N) is 1. The van der Waals surface area contributed by atoms with E-state index in [1.165, 1.54) is 0 Å². The zero-order valence-corrected chi connectivity index (χ0v) is 33.7. The van der Waals surface area contributed by atoms with Gasteiger partial charge < -0.3 is 68.4 Å². The van der Waals surface area contributed by atoms with Gasteiger partial charge in [0, 0.05) is 43.2 Å². The molecule has 0 aliphatic heterocycles. The van der Waals surface area contributed by atoms with E-state index >= 15 is 0 Å². The summed E-state index contributed by atoms with van der Waals surface area (Å²) in [4.78, 5) is 53.4. The molecule has 0 bridgehead atoms. The Balaban J connectivity index is 0.00000112. The summed E-state index contributed by atoms with van der Waals surface area (Å²) in [6.45, 7) is 10.7. The first kappa shape index (κ1) is 54.8. The molecule has 21 heteroatoms. The summed E-state index contributed by atoms with van der Waals surface area (Å²) >= 11 is 0. The molecule has 2 rings (SSSR count). The van der Waals surface area contributed by atoms with Crippen LogP contribution in [0.3, 0.4) is 0 Å². The van der Waals surface area contributed by atoms with Crippen molar-refractivity contribution < 1.29 is 84.9 Å². The van der Waals surface area contributed by atoms with Gasteiger partial charge in [0.2, 0.25) is 0 Å². The summed E-state index contributed by atoms with van der Waals surface area (Å²) in [6, 6.07) is 6.79. The average molecular weight is 857 g/mol. The zero-order chi connectivity index (χ0) is 44.2. The lowest BCUT2D eigenvalue weighted by molar-refractivity contribution is -0.192. The summed E-state index contributed by atoms with van der Waals surface area (Å²) < 4.78 is 79.5. The number of carboxylic acids is 2. The molecule has 0 radical (unpaired) electrons.